The first-order valence-corrected chi connectivity index (χ1v) is 7.87. The predicted octanol–water partition coefficient (Wildman–Crippen LogP) is 2.65. The normalized spacial score (nSPS) is 20.2. The molecule has 2 rings (SSSR count). The maximum absolute atomic E-state index is 12.3. The summed E-state index contributed by atoms with van der Waals surface area (Å²) in [6.45, 7) is 5.55. The van der Waals surface area contributed by atoms with Crippen LogP contribution in [0.15, 0.2) is 18.2 Å². The van der Waals surface area contributed by atoms with Crippen molar-refractivity contribution in [3.63, 3.8) is 0 Å². The average molecular weight is 378 g/mol. The van der Waals surface area contributed by atoms with Crippen molar-refractivity contribution in [3.8, 4) is 5.75 Å². The third-order valence-electron chi connectivity index (χ3n) is 4.05. The summed E-state index contributed by atoms with van der Waals surface area (Å²) in [6.07, 6.45) is 0.177. The molecule has 7 nitrogen and oxygen atoms in total. The van der Waals surface area contributed by atoms with Crippen molar-refractivity contribution >= 4 is 35.6 Å². The molecule has 2 unspecified atom stereocenters. The lowest BCUT2D eigenvalue weighted by Crippen LogP contribution is -2.57. The number of nitrogens with zero attached hydrogens (tertiary/aromatic N) is 2. The van der Waals surface area contributed by atoms with Crippen LogP contribution in [-0.4, -0.2) is 47.5 Å². The molecule has 134 valence electrons. The molecule has 0 radical (unpaired) electrons. The van der Waals surface area contributed by atoms with Gasteiger partial charge in [0, 0.05) is 36.3 Å². The van der Waals surface area contributed by atoms with Gasteiger partial charge in [0.25, 0.3) is 0 Å². The summed E-state index contributed by atoms with van der Waals surface area (Å²) in [4.78, 5) is 24.5. The fraction of sp³-hybridized carbons (Fsp3) is 0.533. The van der Waals surface area contributed by atoms with Gasteiger partial charge in [0.15, 0.2) is 5.75 Å². The van der Waals surface area contributed by atoms with E-state index >= 15 is 0 Å². The van der Waals surface area contributed by atoms with Gasteiger partial charge >= 0.3 is 5.69 Å². The van der Waals surface area contributed by atoms with E-state index in [1.807, 2.05) is 18.7 Å². The lowest BCUT2D eigenvalue weighted by molar-refractivity contribution is -0.385. The molecule has 0 aromatic heterocycles. The van der Waals surface area contributed by atoms with Gasteiger partial charge in [-0.25, -0.2) is 0 Å². The summed E-state index contributed by atoms with van der Waals surface area (Å²) >= 11 is 5.75. The molecule has 1 N–H and O–H groups in total. The second kappa shape index (κ2) is 9.05. The van der Waals surface area contributed by atoms with E-state index in [0.717, 1.165) is 6.54 Å². The van der Waals surface area contributed by atoms with E-state index in [-0.39, 0.29) is 59.9 Å². The summed E-state index contributed by atoms with van der Waals surface area (Å²) in [5.74, 6) is 0.108. The number of carbonyl (C=O) groups excluding carboxylic acids is 1. The third-order valence-corrected chi connectivity index (χ3v) is 4.28. The van der Waals surface area contributed by atoms with Crippen molar-refractivity contribution in [2.24, 2.45) is 0 Å². The number of hydrogen-bond acceptors (Lipinski definition) is 5. The molecule has 24 heavy (non-hydrogen) atoms. The predicted molar refractivity (Wildman–Crippen MR) is 94.1 cm³/mol. The van der Waals surface area contributed by atoms with Crippen molar-refractivity contribution in [1.29, 1.82) is 0 Å². The minimum atomic E-state index is -0.552. The molecular formula is C15H21Cl2N3O4. The van der Waals surface area contributed by atoms with Crippen LogP contribution >= 0.6 is 24.0 Å². The summed E-state index contributed by atoms with van der Waals surface area (Å²) in [5.41, 5.74) is -0.200. The van der Waals surface area contributed by atoms with Gasteiger partial charge in [-0.05, 0) is 26.0 Å². The van der Waals surface area contributed by atoms with Crippen LogP contribution in [0.5, 0.6) is 5.75 Å². The first kappa shape index (κ1) is 20.5. The van der Waals surface area contributed by atoms with Crippen LogP contribution < -0.4 is 10.1 Å². The lowest BCUT2D eigenvalue weighted by Gasteiger charge is -2.38. The second-order valence-corrected chi connectivity index (χ2v) is 5.97. The molecule has 0 bridgehead atoms. The fourth-order valence-corrected chi connectivity index (χ4v) is 2.72. The van der Waals surface area contributed by atoms with Crippen molar-refractivity contribution in [3.05, 3.63) is 33.3 Å². The van der Waals surface area contributed by atoms with Gasteiger partial charge in [-0.15, -0.1) is 12.4 Å². The molecular weight excluding hydrogens is 357 g/mol. The Balaban J connectivity index is 0.00000288. The Bertz CT molecular complexity index is 600. The highest BCUT2D eigenvalue weighted by Gasteiger charge is 2.27. The van der Waals surface area contributed by atoms with Gasteiger partial charge < -0.3 is 15.0 Å². The molecule has 1 aliphatic rings. The maximum Gasteiger partial charge on any atom is 0.312 e. The van der Waals surface area contributed by atoms with Crippen LogP contribution in [0.2, 0.25) is 5.02 Å². The van der Waals surface area contributed by atoms with Crippen molar-refractivity contribution in [2.45, 2.75) is 32.4 Å². The third kappa shape index (κ3) is 4.96. The number of nitro groups is 1. The Morgan fingerprint density at radius 2 is 2.21 bits per heavy atom. The Kier molecular flexibility index (Phi) is 7.72. The van der Waals surface area contributed by atoms with E-state index in [1.54, 1.807) is 0 Å². The molecule has 1 amide bonds. The van der Waals surface area contributed by atoms with E-state index in [0.29, 0.717) is 6.54 Å². The quantitative estimate of drug-likeness (QED) is 0.629. The van der Waals surface area contributed by atoms with Crippen molar-refractivity contribution in [1.82, 2.24) is 10.2 Å². The van der Waals surface area contributed by atoms with E-state index in [4.69, 9.17) is 16.3 Å². The fourth-order valence-electron chi connectivity index (χ4n) is 2.56. The molecule has 0 aliphatic carbocycles. The number of carbonyl (C=O) groups is 1. The van der Waals surface area contributed by atoms with Crippen LogP contribution in [-0.2, 0) is 4.79 Å². The van der Waals surface area contributed by atoms with Gasteiger partial charge in [-0.3, -0.25) is 14.9 Å². The van der Waals surface area contributed by atoms with E-state index in [1.165, 1.54) is 18.2 Å². The average Bonchev–Trinajstić information content (AvgIpc) is 2.51. The molecule has 2 atom stereocenters. The monoisotopic (exact) mass is 377 g/mol. The standard InChI is InChI=1S/C15H20ClN3O4.ClH/c1-10-11(2)18(7-6-17-10)15(20)5-8-23-14-4-3-12(16)9-13(14)19(21)22;/h3-4,9-11,17H,5-8H2,1-2H3;1H. The second-order valence-electron chi connectivity index (χ2n) is 5.54. The smallest absolute Gasteiger partial charge is 0.312 e. The highest BCUT2D eigenvalue weighted by atomic mass is 35.5. The summed E-state index contributed by atoms with van der Waals surface area (Å²) in [7, 11) is 0. The maximum atomic E-state index is 12.3. The van der Waals surface area contributed by atoms with Crippen LogP contribution in [0.25, 0.3) is 0 Å². The molecule has 1 saturated heterocycles. The van der Waals surface area contributed by atoms with E-state index in [9.17, 15) is 14.9 Å². The minimum Gasteiger partial charge on any atom is -0.486 e. The van der Waals surface area contributed by atoms with Crippen LogP contribution in [0.4, 0.5) is 5.69 Å². The Hall–Kier alpha value is -1.57. The number of piperazine rings is 1. The molecule has 1 aromatic carbocycles. The molecule has 0 spiro atoms. The number of ether oxygens (including phenoxy) is 1. The minimum absolute atomic E-state index is 0. The molecule has 9 heteroatoms. The number of amides is 1. The number of benzene rings is 1. The number of nitrogens with one attached hydrogen (secondary N) is 1. The zero-order chi connectivity index (χ0) is 17.0. The van der Waals surface area contributed by atoms with E-state index in [2.05, 4.69) is 5.32 Å². The number of nitro benzene ring substituents is 1. The summed E-state index contributed by atoms with van der Waals surface area (Å²) in [5, 5.41) is 14.6. The van der Waals surface area contributed by atoms with Crippen molar-refractivity contribution < 1.29 is 14.5 Å². The lowest BCUT2D eigenvalue weighted by atomic mass is 10.1. The number of hydrogen-bond donors (Lipinski definition) is 1. The first-order valence-electron chi connectivity index (χ1n) is 7.49. The Labute approximate surface area is 151 Å². The van der Waals surface area contributed by atoms with Gasteiger partial charge in [-0.1, -0.05) is 11.6 Å². The topological polar surface area (TPSA) is 84.7 Å². The molecule has 0 saturated carbocycles. The van der Waals surface area contributed by atoms with Gasteiger partial charge in [0.2, 0.25) is 5.91 Å². The van der Waals surface area contributed by atoms with Crippen LogP contribution in [0.3, 0.4) is 0 Å². The summed E-state index contributed by atoms with van der Waals surface area (Å²) < 4.78 is 5.41. The van der Waals surface area contributed by atoms with Gasteiger partial charge in [0.05, 0.1) is 18.0 Å². The molecule has 1 aliphatic heterocycles. The van der Waals surface area contributed by atoms with E-state index < -0.39 is 4.92 Å². The van der Waals surface area contributed by atoms with Crippen LogP contribution in [0.1, 0.15) is 20.3 Å². The molecule has 1 aromatic rings. The van der Waals surface area contributed by atoms with Gasteiger partial charge in [0.1, 0.15) is 0 Å². The molecule has 1 fully saturated rings. The zero-order valence-electron chi connectivity index (χ0n) is 13.5. The van der Waals surface area contributed by atoms with Crippen molar-refractivity contribution in [2.75, 3.05) is 19.7 Å². The largest absolute Gasteiger partial charge is 0.486 e. The zero-order valence-corrected chi connectivity index (χ0v) is 15.1. The first-order chi connectivity index (χ1) is 10.9. The number of rotatable bonds is 5. The SMILES string of the molecule is CC1NCCN(C(=O)CCOc2ccc(Cl)cc2[N+](=O)[O-])C1C.Cl. The highest BCUT2D eigenvalue weighted by molar-refractivity contribution is 6.30. The highest BCUT2D eigenvalue weighted by Crippen LogP contribution is 2.30. The summed E-state index contributed by atoms with van der Waals surface area (Å²) in [6, 6.07) is 4.55. The Morgan fingerprint density at radius 3 is 2.88 bits per heavy atom. The van der Waals surface area contributed by atoms with Crippen LogP contribution in [0, 0.1) is 10.1 Å². The number of halogens is 2. The molecule has 1 heterocycles. The Morgan fingerprint density at radius 1 is 1.50 bits per heavy atom. The van der Waals surface area contributed by atoms with Gasteiger partial charge in [-0.2, -0.15) is 0 Å².